The highest BCUT2D eigenvalue weighted by atomic mass is 32.1. The van der Waals surface area contributed by atoms with Gasteiger partial charge in [-0.1, -0.05) is 6.92 Å². The Morgan fingerprint density at radius 2 is 2.38 bits per heavy atom. The Morgan fingerprint density at radius 3 is 2.85 bits per heavy atom. The molecule has 2 heteroatoms. The second-order valence-corrected chi connectivity index (χ2v) is 4.11. The summed E-state index contributed by atoms with van der Waals surface area (Å²) in [6.45, 7) is 2.17. The molecule has 13 heavy (non-hydrogen) atoms. The van der Waals surface area contributed by atoms with Crippen LogP contribution in [0.25, 0.3) is 0 Å². The molecule has 0 aliphatic rings. The number of thiophene rings is 1. The molecule has 0 saturated carbocycles. The van der Waals surface area contributed by atoms with Gasteiger partial charge >= 0.3 is 0 Å². The fourth-order valence-electron chi connectivity index (χ4n) is 1.23. The quantitative estimate of drug-likeness (QED) is 0.725. The molecule has 1 nitrogen and oxygen atoms in total. The van der Waals surface area contributed by atoms with Crippen LogP contribution in [0.4, 0.5) is 0 Å². The van der Waals surface area contributed by atoms with Gasteiger partial charge in [0.05, 0.1) is 6.04 Å². The average molecular weight is 193 g/mol. The van der Waals surface area contributed by atoms with Crippen molar-refractivity contribution in [1.82, 2.24) is 5.32 Å². The SMILES string of the molecule is C#CCC(NC)c1ccc(CC)s1. The summed E-state index contributed by atoms with van der Waals surface area (Å²) in [5.41, 5.74) is 0. The summed E-state index contributed by atoms with van der Waals surface area (Å²) >= 11 is 1.85. The molecule has 0 aliphatic heterocycles. The summed E-state index contributed by atoms with van der Waals surface area (Å²) in [5, 5.41) is 3.22. The molecule has 0 radical (unpaired) electrons. The number of nitrogens with one attached hydrogen (secondary N) is 1. The van der Waals surface area contributed by atoms with Crippen molar-refractivity contribution in [2.24, 2.45) is 0 Å². The molecular weight excluding hydrogens is 178 g/mol. The highest BCUT2D eigenvalue weighted by Gasteiger charge is 2.09. The zero-order valence-electron chi connectivity index (χ0n) is 8.13. The lowest BCUT2D eigenvalue weighted by molar-refractivity contribution is 0.622. The van der Waals surface area contributed by atoms with Crippen LogP contribution in [0, 0.1) is 12.3 Å². The summed E-state index contributed by atoms with van der Waals surface area (Å²) in [6.07, 6.45) is 7.17. The Morgan fingerprint density at radius 1 is 1.62 bits per heavy atom. The third kappa shape index (κ3) is 2.58. The van der Waals surface area contributed by atoms with Crippen molar-refractivity contribution in [3.8, 4) is 12.3 Å². The fourth-order valence-corrected chi connectivity index (χ4v) is 2.30. The first-order valence-corrected chi connectivity index (χ1v) is 5.32. The van der Waals surface area contributed by atoms with E-state index in [-0.39, 0.29) is 0 Å². The highest BCUT2D eigenvalue weighted by molar-refractivity contribution is 7.12. The van der Waals surface area contributed by atoms with Crippen molar-refractivity contribution in [2.75, 3.05) is 7.05 Å². The molecule has 1 atom stereocenters. The van der Waals surface area contributed by atoms with Crippen LogP contribution in [-0.2, 0) is 6.42 Å². The van der Waals surface area contributed by atoms with E-state index in [9.17, 15) is 0 Å². The maximum atomic E-state index is 5.30. The fraction of sp³-hybridized carbons (Fsp3) is 0.455. The maximum Gasteiger partial charge on any atom is 0.0523 e. The van der Waals surface area contributed by atoms with Crippen LogP contribution in [0.15, 0.2) is 12.1 Å². The van der Waals surface area contributed by atoms with Gasteiger partial charge in [-0.2, -0.15) is 0 Å². The average Bonchev–Trinajstić information content (AvgIpc) is 2.62. The normalized spacial score (nSPS) is 12.4. The Labute approximate surface area is 84.2 Å². The van der Waals surface area contributed by atoms with E-state index in [0.29, 0.717) is 6.04 Å². The minimum absolute atomic E-state index is 0.329. The highest BCUT2D eigenvalue weighted by Crippen LogP contribution is 2.25. The second kappa shape index (κ2) is 5.06. The van der Waals surface area contributed by atoms with Crippen LogP contribution in [0.5, 0.6) is 0 Å². The zero-order valence-corrected chi connectivity index (χ0v) is 8.95. The van der Waals surface area contributed by atoms with E-state index in [1.807, 2.05) is 18.4 Å². The zero-order chi connectivity index (χ0) is 9.68. The predicted molar refractivity (Wildman–Crippen MR) is 58.9 cm³/mol. The van der Waals surface area contributed by atoms with E-state index in [2.05, 4.69) is 30.3 Å². The standard InChI is InChI=1S/C11H15NS/c1-4-6-10(12-3)11-8-7-9(5-2)13-11/h1,7-8,10,12H,5-6H2,2-3H3. The van der Waals surface area contributed by atoms with Gasteiger partial charge in [-0.05, 0) is 25.6 Å². The van der Waals surface area contributed by atoms with Crippen molar-refractivity contribution in [1.29, 1.82) is 0 Å². The van der Waals surface area contributed by atoms with Gasteiger partial charge in [-0.25, -0.2) is 0 Å². The number of rotatable bonds is 4. The second-order valence-electron chi connectivity index (χ2n) is 2.91. The van der Waals surface area contributed by atoms with Gasteiger partial charge < -0.3 is 5.32 Å². The van der Waals surface area contributed by atoms with Gasteiger partial charge in [0.1, 0.15) is 0 Å². The Bertz CT molecular complexity index is 295. The molecule has 1 rings (SSSR count). The third-order valence-electron chi connectivity index (χ3n) is 2.04. The van der Waals surface area contributed by atoms with Gasteiger partial charge in [0.2, 0.25) is 0 Å². The lowest BCUT2D eigenvalue weighted by Crippen LogP contribution is -2.14. The molecule has 0 aromatic carbocycles. The van der Waals surface area contributed by atoms with Gasteiger partial charge in [0, 0.05) is 16.2 Å². The largest absolute Gasteiger partial charge is 0.312 e. The molecule has 1 N–H and O–H groups in total. The molecule has 1 heterocycles. The van der Waals surface area contributed by atoms with Crippen molar-refractivity contribution >= 4 is 11.3 Å². The Kier molecular flexibility index (Phi) is 4.01. The number of aryl methyl sites for hydroxylation is 1. The molecule has 0 bridgehead atoms. The van der Waals surface area contributed by atoms with Gasteiger partial charge in [0.15, 0.2) is 0 Å². The van der Waals surface area contributed by atoms with E-state index < -0.39 is 0 Å². The first-order chi connectivity index (χ1) is 6.31. The lowest BCUT2D eigenvalue weighted by atomic mass is 10.2. The van der Waals surface area contributed by atoms with Crippen LogP contribution < -0.4 is 5.32 Å². The van der Waals surface area contributed by atoms with Crippen molar-refractivity contribution in [3.05, 3.63) is 21.9 Å². The van der Waals surface area contributed by atoms with Crippen LogP contribution in [0.1, 0.15) is 29.1 Å². The predicted octanol–water partition coefficient (Wildman–Crippen LogP) is 2.59. The number of hydrogen-bond acceptors (Lipinski definition) is 2. The topological polar surface area (TPSA) is 12.0 Å². The molecule has 1 aromatic heterocycles. The molecule has 1 unspecified atom stereocenters. The molecule has 0 saturated heterocycles. The van der Waals surface area contributed by atoms with E-state index in [0.717, 1.165) is 12.8 Å². The van der Waals surface area contributed by atoms with E-state index in [1.165, 1.54) is 9.75 Å². The van der Waals surface area contributed by atoms with Crippen molar-refractivity contribution < 1.29 is 0 Å². The lowest BCUT2D eigenvalue weighted by Gasteiger charge is -2.09. The van der Waals surface area contributed by atoms with E-state index in [1.54, 1.807) is 0 Å². The van der Waals surface area contributed by atoms with Crippen LogP contribution in [0.2, 0.25) is 0 Å². The summed E-state index contributed by atoms with van der Waals surface area (Å²) in [6, 6.07) is 4.68. The van der Waals surface area contributed by atoms with Gasteiger partial charge in [-0.3, -0.25) is 0 Å². The van der Waals surface area contributed by atoms with Gasteiger partial charge in [0.25, 0.3) is 0 Å². The van der Waals surface area contributed by atoms with Crippen LogP contribution in [0.3, 0.4) is 0 Å². The Hall–Kier alpha value is -0.780. The molecule has 0 fully saturated rings. The van der Waals surface area contributed by atoms with E-state index in [4.69, 9.17) is 6.42 Å². The van der Waals surface area contributed by atoms with Crippen molar-refractivity contribution in [2.45, 2.75) is 25.8 Å². The minimum Gasteiger partial charge on any atom is -0.312 e. The summed E-state index contributed by atoms with van der Waals surface area (Å²) < 4.78 is 0. The summed E-state index contributed by atoms with van der Waals surface area (Å²) in [7, 11) is 1.95. The van der Waals surface area contributed by atoms with Crippen molar-refractivity contribution in [3.63, 3.8) is 0 Å². The molecule has 0 amide bonds. The minimum atomic E-state index is 0.329. The first-order valence-electron chi connectivity index (χ1n) is 4.51. The Balaban J connectivity index is 2.74. The summed E-state index contributed by atoms with van der Waals surface area (Å²) in [5.74, 6) is 2.69. The monoisotopic (exact) mass is 193 g/mol. The van der Waals surface area contributed by atoms with E-state index >= 15 is 0 Å². The van der Waals surface area contributed by atoms with Gasteiger partial charge in [-0.15, -0.1) is 23.7 Å². The smallest absolute Gasteiger partial charge is 0.0523 e. The molecule has 70 valence electrons. The third-order valence-corrected chi connectivity index (χ3v) is 3.39. The number of hydrogen-bond donors (Lipinski definition) is 1. The van der Waals surface area contributed by atoms with Crippen LogP contribution in [-0.4, -0.2) is 7.05 Å². The molecule has 0 spiro atoms. The number of terminal acetylenes is 1. The first kappa shape index (κ1) is 10.3. The van der Waals surface area contributed by atoms with Crippen LogP contribution >= 0.6 is 11.3 Å². The molecule has 1 aromatic rings. The molecular formula is C11H15NS. The summed E-state index contributed by atoms with van der Waals surface area (Å²) in [4.78, 5) is 2.77. The maximum absolute atomic E-state index is 5.30. The molecule has 0 aliphatic carbocycles.